The maximum absolute atomic E-state index is 9.13. The molecule has 0 saturated heterocycles. The Morgan fingerprint density at radius 1 is 1.36 bits per heavy atom. The van der Waals surface area contributed by atoms with Gasteiger partial charge >= 0.3 is 0 Å². The summed E-state index contributed by atoms with van der Waals surface area (Å²) in [6.07, 6.45) is 3.50. The average molecular weight is 174 g/mol. The molecule has 1 aromatic rings. The lowest BCUT2D eigenvalue weighted by atomic mass is 10.5. The van der Waals surface area contributed by atoms with Gasteiger partial charge in [0.1, 0.15) is 0 Å². The average Bonchev–Trinajstić information content (AvgIpc) is 2.09. The van der Waals surface area contributed by atoms with Crippen LogP contribution < -0.4 is 10.7 Å². The first kappa shape index (κ1) is 10.2. The van der Waals surface area contributed by atoms with Gasteiger partial charge in [-0.3, -0.25) is 15.0 Å². The van der Waals surface area contributed by atoms with Crippen LogP contribution in [0.4, 0.5) is 0 Å². The maximum atomic E-state index is 9.13. The molecule has 0 aliphatic carbocycles. The van der Waals surface area contributed by atoms with Crippen LogP contribution in [0, 0.1) is 0 Å². The van der Waals surface area contributed by atoms with Gasteiger partial charge in [0.15, 0.2) is 0 Å². The quantitative estimate of drug-likeness (QED) is 0.335. The molecule has 0 aliphatic rings. The van der Waals surface area contributed by atoms with Crippen molar-refractivity contribution in [3.8, 4) is 0 Å². The van der Waals surface area contributed by atoms with Crippen LogP contribution in [-0.2, 0) is 11.3 Å². The molecule has 0 amide bonds. The molecule has 0 fully saturated rings. The summed E-state index contributed by atoms with van der Waals surface area (Å²) in [5.41, 5.74) is 0. The lowest BCUT2D eigenvalue weighted by Gasteiger charge is -1.95. The molecular formula is C5H8N3O2S-. The first-order chi connectivity index (χ1) is 5.27. The number of rotatable bonds is 1. The van der Waals surface area contributed by atoms with Crippen LogP contribution in [0.15, 0.2) is 30.6 Å². The monoisotopic (exact) mass is 174 g/mol. The fraction of sp³-hybridized carbons (Fsp3) is 0. The Labute approximate surface area is 67.0 Å². The summed E-state index contributed by atoms with van der Waals surface area (Å²) in [7, 11) is 0. The number of pyridine rings is 1. The van der Waals surface area contributed by atoms with Crippen molar-refractivity contribution in [2.75, 3.05) is 0 Å². The number of hydrazine groups is 1. The van der Waals surface area contributed by atoms with Gasteiger partial charge in [-0.25, -0.2) is 0 Å². The second-order valence-corrected chi connectivity index (χ2v) is 2.08. The minimum absolute atomic E-state index is 1.44. The molecule has 0 spiro atoms. The van der Waals surface area contributed by atoms with E-state index in [1.165, 1.54) is 4.83 Å². The molecule has 1 heterocycles. The highest BCUT2D eigenvalue weighted by Gasteiger charge is 1.58. The van der Waals surface area contributed by atoms with Crippen LogP contribution in [0.5, 0.6) is 0 Å². The fourth-order valence-corrected chi connectivity index (χ4v) is 0.313. The maximum Gasteiger partial charge on any atom is 0.0322 e. The van der Waals surface area contributed by atoms with Crippen LogP contribution in [-0.4, -0.2) is 13.7 Å². The topological polar surface area (TPSA) is 91.1 Å². The van der Waals surface area contributed by atoms with Crippen LogP contribution in [0.1, 0.15) is 0 Å². The van der Waals surface area contributed by atoms with Crippen molar-refractivity contribution in [2.24, 2.45) is 5.84 Å². The smallest absolute Gasteiger partial charge is 0.0322 e. The standard InChI is InChI=1S/C5H5N.H4N2O2S/c1-2-4-6-5-3-1;1-2-5(3)4/h1-5H;2H,1H2,(H,3,4)/p-1. The highest BCUT2D eigenvalue weighted by Crippen LogP contribution is 1.73. The minimum atomic E-state index is -2.29. The molecule has 0 aromatic carbocycles. The summed E-state index contributed by atoms with van der Waals surface area (Å²) in [6.45, 7) is 0. The number of aromatic nitrogens is 1. The third-order valence-electron chi connectivity index (χ3n) is 0.663. The Morgan fingerprint density at radius 3 is 1.91 bits per heavy atom. The first-order valence-corrected chi connectivity index (χ1v) is 3.75. The van der Waals surface area contributed by atoms with Gasteiger partial charge in [0, 0.05) is 23.7 Å². The molecule has 1 rings (SSSR count). The van der Waals surface area contributed by atoms with E-state index in [1.807, 2.05) is 18.2 Å². The van der Waals surface area contributed by atoms with Crippen LogP contribution in [0.25, 0.3) is 0 Å². The normalized spacial score (nSPS) is 11.1. The van der Waals surface area contributed by atoms with Gasteiger partial charge in [-0.05, 0) is 12.1 Å². The van der Waals surface area contributed by atoms with Crippen LogP contribution in [0.3, 0.4) is 0 Å². The summed E-state index contributed by atoms with van der Waals surface area (Å²) >= 11 is -2.29. The predicted octanol–water partition coefficient (Wildman–Crippen LogP) is -0.675. The molecule has 0 saturated carbocycles. The van der Waals surface area contributed by atoms with Gasteiger partial charge in [0.25, 0.3) is 0 Å². The molecule has 0 radical (unpaired) electrons. The molecule has 62 valence electrons. The van der Waals surface area contributed by atoms with Gasteiger partial charge in [0.05, 0.1) is 0 Å². The van der Waals surface area contributed by atoms with Crippen molar-refractivity contribution in [1.82, 2.24) is 9.82 Å². The Morgan fingerprint density at radius 2 is 1.82 bits per heavy atom. The van der Waals surface area contributed by atoms with E-state index in [0.717, 1.165) is 0 Å². The van der Waals surface area contributed by atoms with E-state index < -0.39 is 11.3 Å². The van der Waals surface area contributed by atoms with E-state index in [1.54, 1.807) is 12.4 Å². The van der Waals surface area contributed by atoms with Crippen molar-refractivity contribution >= 4 is 11.3 Å². The van der Waals surface area contributed by atoms with Crippen molar-refractivity contribution in [3.63, 3.8) is 0 Å². The Kier molecular flexibility index (Phi) is 6.75. The van der Waals surface area contributed by atoms with Gasteiger partial charge in [-0.1, -0.05) is 6.07 Å². The zero-order chi connectivity index (χ0) is 8.53. The SMILES string of the molecule is NNS(=O)[O-].c1ccncc1. The van der Waals surface area contributed by atoms with Gasteiger partial charge < -0.3 is 4.55 Å². The summed E-state index contributed by atoms with van der Waals surface area (Å²) < 4.78 is 18.3. The van der Waals surface area contributed by atoms with Crippen molar-refractivity contribution in [1.29, 1.82) is 0 Å². The minimum Gasteiger partial charge on any atom is -0.759 e. The van der Waals surface area contributed by atoms with Crippen molar-refractivity contribution in [2.45, 2.75) is 0 Å². The van der Waals surface area contributed by atoms with E-state index in [-0.39, 0.29) is 0 Å². The predicted molar refractivity (Wildman–Crippen MR) is 40.5 cm³/mol. The molecule has 6 heteroatoms. The Balaban J connectivity index is 0.000000187. The van der Waals surface area contributed by atoms with E-state index in [9.17, 15) is 0 Å². The molecular weight excluding hydrogens is 166 g/mol. The molecule has 3 N–H and O–H groups in total. The van der Waals surface area contributed by atoms with E-state index >= 15 is 0 Å². The summed E-state index contributed by atoms with van der Waals surface area (Å²) in [5, 5.41) is 0. The van der Waals surface area contributed by atoms with E-state index in [4.69, 9.17) is 8.76 Å². The zero-order valence-corrected chi connectivity index (χ0v) is 6.45. The lowest BCUT2D eigenvalue weighted by Crippen LogP contribution is -2.23. The molecule has 1 atom stereocenters. The Hall–Kier alpha value is -0.820. The number of hydrogen-bond acceptors (Lipinski definition) is 4. The number of nitrogens with two attached hydrogens (primary N) is 1. The summed E-state index contributed by atoms with van der Waals surface area (Å²) in [5.74, 6) is 4.31. The lowest BCUT2D eigenvalue weighted by molar-refractivity contribution is 0.525. The summed E-state index contributed by atoms with van der Waals surface area (Å²) in [4.78, 5) is 5.23. The van der Waals surface area contributed by atoms with Gasteiger partial charge in [-0.2, -0.15) is 4.83 Å². The zero-order valence-electron chi connectivity index (χ0n) is 5.64. The van der Waals surface area contributed by atoms with Gasteiger partial charge in [0.2, 0.25) is 0 Å². The molecule has 5 nitrogen and oxygen atoms in total. The molecule has 0 bridgehead atoms. The third-order valence-corrected chi connectivity index (χ3v) is 0.855. The molecule has 0 aliphatic heterocycles. The highest BCUT2D eigenvalue weighted by molar-refractivity contribution is 7.76. The second kappa shape index (κ2) is 7.29. The number of nitrogens with one attached hydrogen (secondary N) is 1. The molecule has 1 aromatic heterocycles. The third kappa shape index (κ3) is 9.18. The van der Waals surface area contributed by atoms with E-state index in [2.05, 4.69) is 10.8 Å². The summed E-state index contributed by atoms with van der Waals surface area (Å²) in [6, 6.07) is 5.72. The van der Waals surface area contributed by atoms with Gasteiger partial charge in [-0.15, -0.1) is 0 Å². The van der Waals surface area contributed by atoms with Crippen LogP contribution >= 0.6 is 0 Å². The van der Waals surface area contributed by atoms with Crippen molar-refractivity contribution in [3.05, 3.63) is 30.6 Å². The largest absolute Gasteiger partial charge is 0.759 e. The molecule has 11 heavy (non-hydrogen) atoms. The Bertz CT molecular complexity index is 167. The number of nitrogens with zero attached hydrogens (tertiary/aromatic N) is 1. The fourth-order valence-electron chi connectivity index (χ4n) is 0.313. The van der Waals surface area contributed by atoms with Crippen LogP contribution in [0.2, 0.25) is 0 Å². The number of hydrogen-bond donors (Lipinski definition) is 2. The second-order valence-electron chi connectivity index (χ2n) is 1.38. The molecule has 1 unspecified atom stereocenters. The van der Waals surface area contributed by atoms with E-state index in [0.29, 0.717) is 0 Å². The highest BCUT2D eigenvalue weighted by atomic mass is 32.2. The van der Waals surface area contributed by atoms with Crippen molar-refractivity contribution < 1.29 is 8.76 Å². The first-order valence-electron chi connectivity index (χ1n) is 2.68.